The zero-order valence-corrected chi connectivity index (χ0v) is 22.0. The number of hydrogen-bond acceptors (Lipinski definition) is 5. The molecule has 1 aliphatic heterocycles. The molecule has 2 aliphatic rings. The number of aromatic nitrogens is 3. The van der Waals surface area contributed by atoms with Gasteiger partial charge in [0.1, 0.15) is 5.65 Å². The quantitative estimate of drug-likeness (QED) is 0.273. The number of rotatable bonds is 5. The molecular weight excluding hydrogens is 519 g/mol. The molecule has 0 bridgehead atoms. The molecule has 4 aromatic rings. The van der Waals surface area contributed by atoms with Crippen LogP contribution in [0.1, 0.15) is 42.4 Å². The number of nitrogens with zero attached hydrogens (tertiary/aromatic N) is 3. The van der Waals surface area contributed by atoms with Crippen LogP contribution < -0.4 is 5.32 Å². The molecule has 0 atom stereocenters. The number of carbonyl (C=O) groups is 1. The fourth-order valence-electron chi connectivity index (χ4n) is 5.44. The summed E-state index contributed by atoms with van der Waals surface area (Å²) in [6.07, 6.45) is 6.24. The van der Waals surface area contributed by atoms with E-state index in [4.69, 9.17) is 14.9 Å². The van der Waals surface area contributed by atoms with Crippen molar-refractivity contribution >= 4 is 23.0 Å². The summed E-state index contributed by atoms with van der Waals surface area (Å²) in [5.41, 5.74) is 7.66. The Kier molecular flexibility index (Phi) is 8.35. The smallest absolute Gasteiger partial charge is 0.475 e. The molecule has 1 fully saturated rings. The highest BCUT2D eigenvalue weighted by Gasteiger charge is 2.38. The van der Waals surface area contributed by atoms with E-state index in [0.29, 0.717) is 6.04 Å². The average Bonchev–Trinajstić information content (AvgIpc) is 3.55. The number of alkyl halides is 3. The van der Waals surface area contributed by atoms with Crippen LogP contribution in [0.25, 0.3) is 22.2 Å². The van der Waals surface area contributed by atoms with Gasteiger partial charge in [-0.1, -0.05) is 55.3 Å². The summed E-state index contributed by atoms with van der Waals surface area (Å²) in [4.78, 5) is 24.2. The van der Waals surface area contributed by atoms with Crippen molar-refractivity contribution in [3.8, 4) is 11.1 Å². The molecule has 1 saturated carbocycles. The van der Waals surface area contributed by atoms with Gasteiger partial charge in [0.05, 0.1) is 0 Å². The fraction of sp³-hybridized carbons (Fsp3) is 0.367. The van der Waals surface area contributed by atoms with E-state index in [2.05, 4.69) is 74.9 Å². The molecule has 10 heteroatoms. The number of carboxylic acids is 1. The Labute approximate surface area is 230 Å². The number of anilines is 1. The van der Waals surface area contributed by atoms with Crippen LogP contribution in [-0.2, 0) is 24.2 Å². The number of H-pyrrole nitrogens is 1. The summed E-state index contributed by atoms with van der Waals surface area (Å²) in [6, 6.07) is 18.3. The third-order valence-corrected chi connectivity index (χ3v) is 7.52. The topological polar surface area (TPSA) is 94.1 Å². The third kappa shape index (κ3) is 6.80. The van der Waals surface area contributed by atoms with Crippen molar-refractivity contribution < 1.29 is 23.1 Å². The first-order chi connectivity index (χ1) is 19.3. The lowest BCUT2D eigenvalue weighted by molar-refractivity contribution is -0.192. The molecule has 0 unspecified atom stereocenters. The van der Waals surface area contributed by atoms with Crippen LogP contribution in [0, 0.1) is 0 Å². The predicted octanol–water partition coefficient (Wildman–Crippen LogP) is 6.21. The summed E-state index contributed by atoms with van der Waals surface area (Å²) in [6.45, 7) is 3.20. The molecule has 1 aliphatic carbocycles. The lowest BCUT2D eigenvalue weighted by Gasteiger charge is -2.20. The van der Waals surface area contributed by atoms with Crippen molar-refractivity contribution in [2.75, 3.05) is 18.4 Å². The van der Waals surface area contributed by atoms with Gasteiger partial charge in [-0.2, -0.15) is 18.2 Å². The number of benzene rings is 2. The molecule has 0 saturated heterocycles. The van der Waals surface area contributed by atoms with Crippen molar-refractivity contribution in [3.05, 3.63) is 77.6 Å². The van der Waals surface area contributed by atoms with E-state index < -0.39 is 12.1 Å². The molecule has 210 valence electrons. The molecule has 40 heavy (non-hydrogen) atoms. The molecule has 2 aromatic heterocycles. The van der Waals surface area contributed by atoms with Gasteiger partial charge in [0.2, 0.25) is 5.95 Å². The Bertz CT molecular complexity index is 1440. The van der Waals surface area contributed by atoms with Crippen molar-refractivity contribution in [1.82, 2.24) is 19.9 Å². The Hall–Kier alpha value is -3.92. The number of fused-ring (bicyclic) bond motifs is 2. The van der Waals surface area contributed by atoms with Crippen LogP contribution in [0.4, 0.5) is 19.1 Å². The zero-order valence-electron chi connectivity index (χ0n) is 22.0. The molecule has 0 spiro atoms. The van der Waals surface area contributed by atoms with Gasteiger partial charge in [0.15, 0.2) is 0 Å². The maximum absolute atomic E-state index is 10.6. The van der Waals surface area contributed by atoms with E-state index in [1.807, 2.05) is 6.20 Å². The van der Waals surface area contributed by atoms with Gasteiger partial charge in [-0.3, -0.25) is 4.90 Å². The van der Waals surface area contributed by atoms with Gasteiger partial charge < -0.3 is 15.4 Å². The monoisotopic (exact) mass is 551 g/mol. The summed E-state index contributed by atoms with van der Waals surface area (Å²) >= 11 is 0. The highest BCUT2D eigenvalue weighted by atomic mass is 19.4. The van der Waals surface area contributed by atoms with Crippen molar-refractivity contribution in [2.24, 2.45) is 0 Å². The van der Waals surface area contributed by atoms with Crippen molar-refractivity contribution in [3.63, 3.8) is 0 Å². The van der Waals surface area contributed by atoms with Crippen LogP contribution in [-0.4, -0.2) is 56.2 Å². The first-order valence-corrected chi connectivity index (χ1v) is 13.6. The largest absolute Gasteiger partial charge is 0.490 e. The SMILES string of the molecule is O=C(O)C(F)(F)F.c1cc(CN2CCc3ccccc3CC2)cc(-c2c[nH]c3nc(NC4CCCC4)ncc23)c1. The van der Waals surface area contributed by atoms with E-state index in [-0.39, 0.29) is 0 Å². The summed E-state index contributed by atoms with van der Waals surface area (Å²) in [7, 11) is 0. The maximum atomic E-state index is 10.6. The van der Waals surface area contributed by atoms with E-state index >= 15 is 0 Å². The number of hydrogen-bond donors (Lipinski definition) is 3. The minimum absolute atomic E-state index is 0.514. The predicted molar refractivity (Wildman–Crippen MR) is 148 cm³/mol. The maximum Gasteiger partial charge on any atom is 0.490 e. The molecule has 0 radical (unpaired) electrons. The van der Waals surface area contributed by atoms with Gasteiger partial charge in [-0.25, -0.2) is 9.78 Å². The average molecular weight is 552 g/mol. The highest BCUT2D eigenvalue weighted by molar-refractivity contribution is 5.93. The second-order valence-corrected chi connectivity index (χ2v) is 10.3. The third-order valence-electron chi connectivity index (χ3n) is 7.52. The van der Waals surface area contributed by atoms with Crippen LogP contribution in [0.2, 0.25) is 0 Å². The van der Waals surface area contributed by atoms with E-state index in [9.17, 15) is 13.2 Å². The van der Waals surface area contributed by atoms with E-state index in [1.165, 1.54) is 53.5 Å². The fourth-order valence-corrected chi connectivity index (χ4v) is 5.44. The number of halogens is 3. The lowest BCUT2D eigenvalue weighted by Crippen LogP contribution is -2.25. The number of nitrogens with one attached hydrogen (secondary N) is 2. The van der Waals surface area contributed by atoms with Crippen LogP contribution in [0.3, 0.4) is 0 Å². The molecule has 3 heterocycles. The standard InChI is InChI=1S/C28H31N5.C2HF3O2/c1-2-8-22-13-15-33(14-12-21(22)7-1)19-20-6-5-9-23(16-20)25-17-29-27-26(25)18-30-28(32-27)31-24-10-3-4-11-24;3-2(4,5)1(6)7/h1-2,5-9,16-18,24H,3-4,10-15,19H2,(H2,29,30,31,32);(H,6,7). The van der Waals surface area contributed by atoms with Crippen molar-refractivity contribution in [2.45, 2.75) is 57.3 Å². The number of aromatic amines is 1. The van der Waals surface area contributed by atoms with Crippen LogP contribution in [0.5, 0.6) is 0 Å². The summed E-state index contributed by atoms with van der Waals surface area (Å²) in [5, 5.41) is 11.7. The molecule has 0 amide bonds. The normalized spacial score (nSPS) is 16.2. The lowest BCUT2D eigenvalue weighted by atomic mass is 10.0. The molecule has 3 N–H and O–H groups in total. The summed E-state index contributed by atoms with van der Waals surface area (Å²) in [5.74, 6) is -2.02. The molecule has 6 rings (SSSR count). The van der Waals surface area contributed by atoms with Crippen molar-refractivity contribution in [1.29, 1.82) is 0 Å². The van der Waals surface area contributed by atoms with Gasteiger partial charge in [-0.05, 0) is 54.0 Å². The second-order valence-electron chi connectivity index (χ2n) is 10.3. The second kappa shape index (κ2) is 12.1. The van der Waals surface area contributed by atoms with Gasteiger partial charge in [-0.15, -0.1) is 0 Å². The first-order valence-electron chi connectivity index (χ1n) is 13.6. The molecule has 7 nitrogen and oxygen atoms in total. The van der Waals surface area contributed by atoms with E-state index in [0.717, 1.165) is 49.5 Å². The van der Waals surface area contributed by atoms with Gasteiger partial charge >= 0.3 is 12.1 Å². The molecular formula is C30H32F3N5O2. The first kappa shape index (κ1) is 27.6. The van der Waals surface area contributed by atoms with Gasteiger partial charge in [0, 0.05) is 49.0 Å². The zero-order chi connectivity index (χ0) is 28.1. The molecule has 2 aromatic carbocycles. The Balaban J connectivity index is 0.000000411. The van der Waals surface area contributed by atoms with E-state index in [1.54, 1.807) is 0 Å². The number of aliphatic carboxylic acids is 1. The Morgan fingerprint density at radius 1 is 1.05 bits per heavy atom. The minimum atomic E-state index is -5.08. The van der Waals surface area contributed by atoms with Crippen LogP contribution in [0.15, 0.2) is 60.9 Å². The van der Waals surface area contributed by atoms with Gasteiger partial charge in [0.25, 0.3) is 0 Å². The summed E-state index contributed by atoms with van der Waals surface area (Å²) < 4.78 is 31.7. The van der Waals surface area contributed by atoms with Crippen LogP contribution >= 0.6 is 0 Å². The Morgan fingerprint density at radius 2 is 1.73 bits per heavy atom. The Morgan fingerprint density at radius 3 is 2.38 bits per heavy atom. The number of carboxylic acid groups (broad SMARTS) is 1. The minimum Gasteiger partial charge on any atom is -0.475 e. The highest BCUT2D eigenvalue weighted by Crippen LogP contribution is 2.30.